The van der Waals surface area contributed by atoms with Crippen LogP contribution in [-0.2, 0) is 40.3 Å². The van der Waals surface area contributed by atoms with E-state index in [1.165, 1.54) is 16.6 Å². The van der Waals surface area contributed by atoms with E-state index in [0.29, 0.717) is 26.2 Å². The number of carbonyl (C=O) groups excluding carboxylic acids is 2. The van der Waals surface area contributed by atoms with Gasteiger partial charge in [-0.15, -0.1) is 0 Å². The number of para-hydroxylation sites is 1. The van der Waals surface area contributed by atoms with Gasteiger partial charge in [0.15, 0.2) is 0 Å². The first-order chi connectivity index (χ1) is 20.6. The SMILES string of the molecule is COCC(=O)N1CCCCCCCN(C(=O)Cn2c3c(c4ccccc42)CCC3)Cc2cc(-c3cccnc3)ccc21. The van der Waals surface area contributed by atoms with Gasteiger partial charge in [-0.25, -0.2) is 0 Å². The van der Waals surface area contributed by atoms with E-state index in [2.05, 4.69) is 45.9 Å². The monoisotopic (exact) mass is 564 g/mol. The number of ether oxygens (including phenoxy) is 1. The minimum absolute atomic E-state index is 0.0260. The summed E-state index contributed by atoms with van der Waals surface area (Å²) in [5.74, 6) is 0.0622. The molecule has 0 unspecified atom stereocenters. The van der Waals surface area contributed by atoms with Gasteiger partial charge in [0.1, 0.15) is 13.2 Å². The Morgan fingerprint density at radius 2 is 1.69 bits per heavy atom. The smallest absolute Gasteiger partial charge is 0.252 e. The molecule has 0 spiro atoms. The number of anilines is 1. The summed E-state index contributed by atoms with van der Waals surface area (Å²) in [6, 6.07) is 18.7. The maximum Gasteiger partial charge on any atom is 0.252 e. The number of fused-ring (bicyclic) bond motifs is 4. The normalized spacial score (nSPS) is 16.0. The first-order valence-electron chi connectivity index (χ1n) is 15.3. The Kier molecular flexibility index (Phi) is 8.65. The van der Waals surface area contributed by atoms with Gasteiger partial charge < -0.3 is 19.1 Å². The number of hydrogen-bond donors (Lipinski definition) is 0. The van der Waals surface area contributed by atoms with E-state index in [4.69, 9.17) is 4.74 Å². The van der Waals surface area contributed by atoms with E-state index in [9.17, 15) is 9.59 Å². The summed E-state index contributed by atoms with van der Waals surface area (Å²) in [6.07, 6.45) is 12.0. The fourth-order valence-electron chi connectivity index (χ4n) is 6.71. The van der Waals surface area contributed by atoms with Crippen LogP contribution >= 0.6 is 0 Å². The molecule has 218 valence electrons. The highest BCUT2D eigenvalue weighted by atomic mass is 16.5. The van der Waals surface area contributed by atoms with Crippen molar-refractivity contribution in [2.45, 2.75) is 64.5 Å². The predicted octanol–water partition coefficient (Wildman–Crippen LogP) is 6.16. The van der Waals surface area contributed by atoms with Crippen molar-refractivity contribution in [2.75, 3.05) is 31.7 Å². The number of aryl methyl sites for hydroxylation is 1. The van der Waals surface area contributed by atoms with Crippen LogP contribution < -0.4 is 4.90 Å². The molecule has 0 radical (unpaired) electrons. The van der Waals surface area contributed by atoms with E-state index in [1.54, 1.807) is 13.3 Å². The van der Waals surface area contributed by atoms with Crippen LogP contribution in [-0.4, -0.2) is 53.1 Å². The number of rotatable bonds is 5. The molecule has 2 aromatic carbocycles. The summed E-state index contributed by atoms with van der Waals surface area (Å²) < 4.78 is 7.52. The van der Waals surface area contributed by atoms with Crippen LogP contribution in [0.25, 0.3) is 22.0 Å². The highest BCUT2D eigenvalue weighted by Crippen LogP contribution is 2.34. The third kappa shape index (κ3) is 5.84. The highest BCUT2D eigenvalue weighted by molar-refractivity contribution is 5.95. The molecule has 7 nitrogen and oxygen atoms in total. The Morgan fingerprint density at radius 3 is 2.52 bits per heavy atom. The number of hydrogen-bond acceptors (Lipinski definition) is 4. The molecule has 1 aliphatic heterocycles. The Hall–Kier alpha value is -3.97. The molecule has 0 saturated heterocycles. The van der Waals surface area contributed by atoms with Gasteiger partial charge in [-0.2, -0.15) is 0 Å². The average Bonchev–Trinajstić information content (AvgIpc) is 3.60. The second-order valence-corrected chi connectivity index (χ2v) is 11.5. The van der Waals surface area contributed by atoms with Crippen LogP contribution in [0.4, 0.5) is 5.69 Å². The molecule has 2 aliphatic rings. The molecule has 0 N–H and O–H groups in total. The molecule has 3 heterocycles. The largest absolute Gasteiger partial charge is 0.375 e. The molecule has 0 bridgehead atoms. The molecule has 1 aliphatic carbocycles. The van der Waals surface area contributed by atoms with Crippen LogP contribution in [0, 0.1) is 0 Å². The molecule has 0 atom stereocenters. The standard InChI is InChI=1S/C35H40N4O3/c1-42-25-35(41)38-20-8-4-2-3-7-19-37(23-28-21-26(16-17-31(28)38)27-11-10-18-36-22-27)34(40)24-39-32-14-6-5-12-29(32)30-13-9-15-33(30)39/h5-6,10-12,14,16-18,21-22H,2-4,7-9,13,15,19-20,23-25H2,1H3. The van der Waals surface area contributed by atoms with Crippen molar-refractivity contribution in [3.05, 3.63) is 83.8 Å². The fourth-order valence-corrected chi connectivity index (χ4v) is 6.71. The second-order valence-electron chi connectivity index (χ2n) is 11.5. The van der Waals surface area contributed by atoms with Crippen molar-refractivity contribution < 1.29 is 14.3 Å². The molecule has 4 aromatic rings. The van der Waals surface area contributed by atoms with Crippen molar-refractivity contribution in [1.29, 1.82) is 0 Å². The lowest BCUT2D eigenvalue weighted by Gasteiger charge is -2.30. The zero-order valence-corrected chi connectivity index (χ0v) is 24.6. The van der Waals surface area contributed by atoms with E-state index >= 15 is 0 Å². The number of carbonyl (C=O) groups is 2. The number of benzene rings is 2. The van der Waals surface area contributed by atoms with Crippen LogP contribution in [0.3, 0.4) is 0 Å². The molecule has 0 saturated carbocycles. The number of amides is 2. The Labute approximate surface area is 248 Å². The third-order valence-corrected chi connectivity index (χ3v) is 8.79. The van der Waals surface area contributed by atoms with E-state index in [0.717, 1.165) is 79.3 Å². The van der Waals surface area contributed by atoms with Crippen molar-refractivity contribution in [3.63, 3.8) is 0 Å². The zero-order chi connectivity index (χ0) is 28.9. The van der Waals surface area contributed by atoms with E-state index < -0.39 is 0 Å². The first-order valence-corrected chi connectivity index (χ1v) is 15.3. The van der Waals surface area contributed by atoms with Crippen LogP contribution in [0.15, 0.2) is 67.0 Å². The van der Waals surface area contributed by atoms with Crippen molar-refractivity contribution in [3.8, 4) is 11.1 Å². The first kappa shape index (κ1) is 28.2. The second kappa shape index (κ2) is 12.9. The van der Waals surface area contributed by atoms with Crippen molar-refractivity contribution in [2.24, 2.45) is 0 Å². The summed E-state index contributed by atoms with van der Waals surface area (Å²) in [5, 5.41) is 1.28. The molecule has 0 fully saturated rings. The zero-order valence-electron chi connectivity index (χ0n) is 24.6. The Bertz CT molecular complexity index is 1560. The van der Waals surface area contributed by atoms with E-state index in [-0.39, 0.29) is 18.4 Å². The Morgan fingerprint density at radius 1 is 0.857 bits per heavy atom. The molecule has 2 aromatic heterocycles. The van der Waals surface area contributed by atoms with Gasteiger partial charge in [-0.1, -0.05) is 49.6 Å². The molecule has 7 heteroatoms. The van der Waals surface area contributed by atoms with Crippen LogP contribution in [0.5, 0.6) is 0 Å². The minimum atomic E-state index is -0.0582. The highest BCUT2D eigenvalue weighted by Gasteiger charge is 2.26. The summed E-state index contributed by atoms with van der Waals surface area (Å²) in [5.41, 5.74) is 7.73. The molecular formula is C35H40N4O3. The number of aromatic nitrogens is 2. The molecule has 6 rings (SSSR count). The van der Waals surface area contributed by atoms with E-state index in [1.807, 2.05) is 34.2 Å². The Balaban J connectivity index is 1.38. The lowest BCUT2D eigenvalue weighted by molar-refractivity contribution is -0.132. The van der Waals surface area contributed by atoms with Gasteiger partial charge in [0.2, 0.25) is 5.91 Å². The summed E-state index contributed by atoms with van der Waals surface area (Å²) in [7, 11) is 1.56. The van der Waals surface area contributed by atoms with Gasteiger partial charge in [0.05, 0.1) is 0 Å². The van der Waals surface area contributed by atoms with Crippen molar-refractivity contribution in [1.82, 2.24) is 14.5 Å². The van der Waals surface area contributed by atoms with Gasteiger partial charge in [0, 0.05) is 61.4 Å². The summed E-state index contributed by atoms with van der Waals surface area (Å²) >= 11 is 0. The van der Waals surface area contributed by atoms with Gasteiger partial charge in [-0.3, -0.25) is 14.6 Å². The lowest BCUT2D eigenvalue weighted by Crippen LogP contribution is -2.38. The maximum absolute atomic E-state index is 14.2. The predicted molar refractivity (Wildman–Crippen MR) is 166 cm³/mol. The van der Waals surface area contributed by atoms with Gasteiger partial charge in [0.25, 0.3) is 5.91 Å². The quantitative estimate of drug-likeness (QED) is 0.291. The van der Waals surface area contributed by atoms with Crippen LogP contribution in [0.1, 0.15) is 55.3 Å². The molecule has 42 heavy (non-hydrogen) atoms. The fraction of sp³-hybridized carbons (Fsp3) is 0.400. The molecular weight excluding hydrogens is 524 g/mol. The number of methoxy groups -OCH3 is 1. The lowest BCUT2D eigenvalue weighted by atomic mass is 10.0. The topological polar surface area (TPSA) is 67.7 Å². The number of pyridine rings is 1. The van der Waals surface area contributed by atoms with Crippen LogP contribution in [0.2, 0.25) is 0 Å². The van der Waals surface area contributed by atoms with Crippen molar-refractivity contribution >= 4 is 28.4 Å². The number of nitrogens with zero attached hydrogens (tertiary/aromatic N) is 4. The van der Waals surface area contributed by atoms with Gasteiger partial charge >= 0.3 is 0 Å². The average molecular weight is 565 g/mol. The maximum atomic E-state index is 14.2. The van der Waals surface area contributed by atoms with Gasteiger partial charge in [-0.05, 0) is 78.6 Å². The summed E-state index contributed by atoms with van der Waals surface area (Å²) in [6.45, 7) is 2.14. The summed E-state index contributed by atoms with van der Waals surface area (Å²) in [4.78, 5) is 35.7. The third-order valence-electron chi connectivity index (χ3n) is 8.79. The minimum Gasteiger partial charge on any atom is -0.375 e. The molecule has 2 amide bonds.